The average Bonchev–Trinajstić information content (AvgIpc) is 2.72. The van der Waals surface area contributed by atoms with E-state index in [1.54, 1.807) is 6.08 Å². The van der Waals surface area contributed by atoms with Gasteiger partial charge in [-0.3, -0.25) is 9.35 Å². The first kappa shape index (κ1) is 25.3. The quantitative estimate of drug-likeness (QED) is 0.262. The highest BCUT2D eigenvalue weighted by Gasteiger charge is 2.22. The van der Waals surface area contributed by atoms with E-state index in [1.165, 1.54) is 15.9 Å². The minimum atomic E-state index is -2.08. The van der Waals surface area contributed by atoms with Crippen LogP contribution in [0.25, 0.3) is 0 Å². The Labute approximate surface area is 178 Å². The van der Waals surface area contributed by atoms with Gasteiger partial charge in [0.2, 0.25) is 11.3 Å². The smallest absolute Gasteiger partial charge is 0.251 e. The van der Waals surface area contributed by atoms with Crippen molar-refractivity contribution in [1.82, 2.24) is 9.62 Å². The van der Waals surface area contributed by atoms with Gasteiger partial charge in [0.25, 0.3) is 5.91 Å². The number of nitrogens with zero attached hydrogens (tertiary/aromatic N) is 1. The van der Waals surface area contributed by atoms with Gasteiger partial charge in [-0.05, 0) is 31.2 Å². The third-order valence-electron chi connectivity index (χ3n) is 4.87. The Morgan fingerprint density at radius 3 is 2.45 bits per heavy atom. The van der Waals surface area contributed by atoms with Gasteiger partial charge in [-0.1, -0.05) is 82.7 Å². The third-order valence-corrected chi connectivity index (χ3v) is 5.73. The molecule has 29 heavy (non-hydrogen) atoms. The van der Waals surface area contributed by atoms with Crippen molar-refractivity contribution in [3.8, 4) is 0 Å². The highest BCUT2D eigenvalue weighted by Crippen LogP contribution is 2.16. The Bertz CT molecular complexity index is 676. The van der Waals surface area contributed by atoms with Gasteiger partial charge in [0.05, 0.1) is 0 Å². The second kappa shape index (κ2) is 14.3. The summed E-state index contributed by atoms with van der Waals surface area (Å²) in [6, 6.07) is 9.81. The largest absolute Gasteiger partial charge is 0.349 e. The zero-order chi connectivity index (χ0) is 21.6. The Morgan fingerprint density at radius 1 is 1.24 bits per heavy atom. The summed E-state index contributed by atoms with van der Waals surface area (Å²) in [5.74, 6) is -0.190. The van der Waals surface area contributed by atoms with Crippen molar-refractivity contribution in [3.05, 3.63) is 60.2 Å². The predicted octanol–water partition coefficient (Wildman–Crippen LogP) is 4.64. The molecule has 0 fully saturated rings. The van der Waals surface area contributed by atoms with E-state index in [9.17, 15) is 13.6 Å². The lowest BCUT2D eigenvalue weighted by Crippen LogP contribution is -2.39. The van der Waals surface area contributed by atoms with Crippen LogP contribution in [0.15, 0.2) is 54.6 Å². The van der Waals surface area contributed by atoms with Gasteiger partial charge in [-0.25, -0.2) is 4.21 Å². The molecule has 0 saturated heterocycles. The molecule has 0 radical (unpaired) electrons. The maximum Gasteiger partial charge on any atom is 0.251 e. The maximum absolute atomic E-state index is 12.9. The minimum Gasteiger partial charge on any atom is -0.349 e. The topological polar surface area (TPSA) is 69.6 Å². The van der Waals surface area contributed by atoms with Crippen LogP contribution in [-0.4, -0.2) is 37.6 Å². The number of nitrogens with one attached hydrogen (secondary N) is 1. The molecule has 0 heterocycles. The molecule has 0 spiro atoms. The number of amides is 1. The monoisotopic (exact) mass is 420 g/mol. The second-order valence-electron chi connectivity index (χ2n) is 7.18. The van der Waals surface area contributed by atoms with E-state index in [1.807, 2.05) is 32.0 Å². The molecule has 1 amide bonds. The number of carbonyl (C=O) groups excluding carboxylic acids is 1. The zero-order valence-electron chi connectivity index (χ0n) is 18.0. The van der Waals surface area contributed by atoms with Crippen LogP contribution in [0.3, 0.4) is 0 Å². The van der Waals surface area contributed by atoms with Crippen molar-refractivity contribution in [1.29, 1.82) is 0 Å². The van der Waals surface area contributed by atoms with Crippen LogP contribution in [0.2, 0.25) is 0 Å². The number of rotatable bonds is 14. The molecule has 0 aromatic heterocycles. The summed E-state index contributed by atoms with van der Waals surface area (Å²) in [5, 5.41) is 3.09. The first-order chi connectivity index (χ1) is 14.0. The summed E-state index contributed by atoms with van der Waals surface area (Å²) in [4.78, 5) is 12.9. The maximum atomic E-state index is 12.9. The van der Waals surface area contributed by atoms with E-state index in [4.69, 9.17) is 0 Å². The van der Waals surface area contributed by atoms with Crippen LogP contribution in [0.4, 0.5) is 0 Å². The molecule has 2 unspecified atom stereocenters. The molecule has 1 rings (SSSR count). The molecule has 1 aromatic carbocycles. The van der Waals surface area contributed by atoms with E-state index in [2.05, 4.69) is 31.0 Å². The molecule has 1 aromatic rings. The number of hydrogen-bond donors (Lipinski definition) is 2. The summed E-state index contributed by atoms with van der Waals surface area (Å²) >= 11 is -2.08. The summed E-state index contributed by atoms with van der Waals surface area (Å²) in [5.41, 5.74) is 1.62. The van der Waals surface area contributed by atoms with Crippen LogP contribution < -0.4 is 5.32 Å². The highest BCUT2D eigenvalue weighted by molar-refractivity contribution is 7.76. The van der Waals surface area contributed by atoms with Crippen LogP contribution >= 0.6 is 0 Å². The highest BCUT2D eigenvalue weighted by atomic mass is 32.2. The second-order valence-corrected chi connectivity index (χ2v) is 8.11. The van der Waals surface area contributed by atoms with Gasteiger partial charge in [0.15, 0.2) is 0 Å². The fraction of sp³-hybridized carbons (Fsp3) is 0.522. The number of unbranched alkanes of at least 4 members (excludes halogenated alkanes) is 1. The lowest BCUT2D eigenvalue weighted by Gasteiger charge is -2.26. The van der Waals surface area contributed by atoms with E-state index in [0.717, 1.165) is 32.1 Å². The molecule has 3 atom stereocenters. The van der Waals surface area contributed by atoms with Gasteiger partial charge in [-0.15, -0.1) is 0 Å². The molecule has 2 N–H and O–H groups in total. The van der Waals surface area contributed by atoms with Gasteiger partial charge in [0.1, 0.15) is 0 Å². The summed E-state index contributed by atoms with van der Waals surface area (Å²) in [6.07, 6.45) is 8.26. The molecular formula is C23H36N2O3S. The number of hydrogen-bond acceptors (Lipinski definition) is 2. The molecule has 162 valence electrons. The molecule has 0 saturated carbocycles. The molecule has 5 nitrogen and oxygen atoms in total. The van der Waals surface area contributed by atoms with Crippen molar-refractivity contribution < 1.29 is 13.6 Å². The van der Waals surface area contributed by atoms with Gasteiger partial charge < -0.3 is 5.32 Å². The predicted molar refractivity (Wildman–Crippen MR) is 122 cm³/mol. The standard InChI is InChI=1S/C23H36N2O3S/c1-5-9-15-22(25(16-6-2)29(27)28)18-20(7-3)23(26)24-21(8-4)17-19-13-11-10-12-14-19/h7,10-14,18,21-22H,3,5-6,8-9,15-17H2,1-2,4H3,(H,24,26)(H,27,28)/b20-18+/t21-,22?/m1/s1. The zero-order valence-corrected chi connectivity index (χ0v) is 18.8. The average molecular weight is 421 g/mol. The van der Waals surface area contributed by atoms with Crippen molar-refractivity contribution in [2.75, 3.05) is 6.54 Å². The molecule has 0 bridgehead atoms. The summed E-state index contributed by atoms with van der Waals surface area (Å²) in [7, 11) is 0. The van der Waals surface area contributed by atoms with Crippen LogP contribution in [0.1, 0.15) is 58.4 Å². The van der Waals surface area contributed by atoms with Crippen LogP contribution in [0, 0.1) is 0 Å². The van der Waals surface area contributed by atoms with Crippen molar-refractivity contribution in [3.63, 3.8) is 0 Å². The molecular weight excluding hydrogens is 384 g/mol. The van der Waals surface area contributed by atoms with E-state index in [0.29, 0.717) is 18.5 Å². The molecule has 0 aliphatic heterocycles. The summed E-state index contributed by atoms with van der Waals surface area (Å²) in [6.45, 7) is 10.4. The lowest BCUT2D eigenvalue weighted by atomic mass is 10.0. The first-order valence-electron chi connectivity index (χ1n) is 10.5. The Balaban J connectivity index is 2.97. The van der Waals surface area contributed by atoms with Crippen LogP contribution in [-0.2, 0) is 22.5 Å². The van der Waals surface area contributed by atoms with Crippen molar-refractivity contribution in [2.45, 2.75) is 71.4 Å². The number of benzene rings is 1. The van der Waals surface area contributed by atoms with Crippen molar-refractivity contribution >= 4 is 17.2 Å². The third kappa shape index (κ3) is 9.07. The van der Waals surface area contributed by atoms with Gasteiger partial charge >= 0.3 is 0 Å². The van der Waals surface area contributed by atoms with E-state index in [-0.39, 0.29) is 18.0 Å². The van der Waals surface area contributed by atoms with Crippen molar-refractivity contribution in [2.24, 2.45) is 0 Å². The number of carbonyl (C=O) groups is 1. The van der Waals surface area contributed by atoms with E-state index >= 15 is 0 Å². The molecule has 0 aliphatic carbocycles. The van der Waals surface area contributed by atoms with Crippen LogP contribution in [0.5, 0.6) is 0 Å². The van der Waals surface area contributed by atoms with Gasteiger partial charge in [-0.2, -0.15) is 4.31 Å². The Morgan fingerprint density at radius 2 is 1.93 bits per heavy atom. The fourth-order valence-electron chi connectivity index (χ4n) is 3.21. The Hall–Kier alpha value is -1.76. The Kier molecular flexibility index (Phi) is 12.4. The first-order valence-corrected chi connectivity index (χ1v) is 11.6. The fourth-order valence-corrected chi connectivity index (χ4v) is 3.95. The van der Waals surface area contributed by atoms with Gasteiger partial charge in [0, 0.05) is 24.2 Å². The summed E-state index contributed by atoms with van der Waals surface area (Å²) < 4.78 is 23.1. The lowest BCUT2D eigenvalue weighted by molar-refractivity contribution is -0.117. The van der Waals surface area contributed by atoms with E-state index < -0.39 is 11.3 Å². The molecule has 0 aliphatic rings. The molecule has 6 heteroatoms. The SMILES string of the molecule is C=C/C(=C\C(CCCC)N(CCC)S(=O)O)C(=O)N[C@H](CC)Cc1ccccc1. The normalized spacial score (nSPS) is 15.0. The minimum absolute atomic E-state index is 0.0149.